The summed E-state index contributed by atoms with van der Waals surface area (Å²) in [7, 11) is -1.38. The summed E-state index contributed by atoms with van der Waals surface area (Å²) in [4.78, 5) is 66.2. The Bertz CT molecular complexity index is 4340. The summed E-state index contributed by atoms with van der Waals surface area (Å²) in [6, 6.07) is 54.1. The van der Waals surface area contributed by atoms with Gasteiger partial charge in [0.2, 0.25) is 0 Å². The van der Waals surface area contributed by atoms with E-state index in [0.29, 0.717) is 35.3 Å². The van der Waals surface area contributed by atoms with Crippen LogP contribution in [-0.2, 0) is 49.6 Å². The van der Waals surface area contributed by atoms with Crippen LogP contribution in [-0.4, -0.2) is 85.4 Å². The molecular formula is C86H101BBrLiN8O7. The van der Waals surface area contributed by atoms with Gasteiger partial charge in [-0.05, 0) is 259 Å². The summed E-state index contributed by atoms with van der Waals surface area (Å²) >= 11 is 3.23. The first kappa shape index (κ1) is 82.6. The van der Waals surface area contributed by atoms with Crippen LogP contribution in [0.5, 0.6) is 0 Å². The standard InChI is InChI=1S/C24H29N3O2.C16H23N.C16H13N.C10H9BO2.C10H12N2O3.C6H6BrN.C4H9.Li/c1-16-7-10-22(20-9-8-18-5-3-4-6-19(18)12-20)27(15-16)24(29)23(28)26-21-11-17(2)13-25-14-21;2*1-12-6-9-16(17-11-12)15-8-7-13-4-2-3-5-14(13)10-15;12-11(13)10-6-5-8-3-1-2-4-9(8)7-10;1-3-15-10(14)9(13)12-8-4-7(2)5-11-6-8;1-5-2-3-6(7)8-4-5;1-3-4-2;/h8-9,11-14,16,22H,3-7,10,15H2,1-2H3,(H,26,28);7-8,10,12,16-17H,2-6,9,11H2,1H3;2-11H,1H3;1-7,12-13H;4-6H,3H2,1-2H3,(H,12,13);2-4H,1H3;1,3-4H2,2H3;/q;;;;;;-1;+1/t16-,22+;;;;;;;/m1......./s1. The molecule has 15 nitrogen and oxygen atoms in total. The predicted octanol–water partition coefficient (Wildman–Crippen LogP) is 14.2. The number of halogens is 1. The number of anilines is 2. The molecule has 0 saturated carbocycles. The fraction of sp³-hybridized carbons (Fsp3) is 0.337. The third-order valence-corrected chi connectivity index (χ3v) is 18.9. The number of piperidine rings is 2. The Hall–Kier alpha value is -8.66. The van der Waals surface area contributed by atoms with Crippen LogP contribution in [0.3, 0.4) is 0 Å². The number of likely N-dealkylation sites (tertiary alicyclic amines) is 1. The van der Waals surface area contributed by atoms with E-state index in [1.165, 1.54) is 115 Å². The van der Waals surface area contributed by atoms with E-state index in [0.717, 1.165) is 75.8 Å². The minimum absolute atomic E-state index is 0. The van der Waals surface area contributed by atoms with Crippen molar-refractivity contribution in [3.05, 3.63) is 262 Å². The average molecular weight is 1460 g/mol. The van der Waals surface area contributed by atoms with Gasteiger partial charge in [-0.25, -0.2) is 9.78 Å². The van der Waals surface area contributed by atoms with Crippen LogP contribution in [0.1, 0.15) is 160 Å². The number of benzene rings is 6. The van der Waals surface area contributed by atoms with Gasteiger partial charge in [0.25, 0.3) is 0 Å². The molecule has 2 fully saturated rings. The van der Waals surface area contributed by atoms with Crippen LogP contribution >= 0.6 is 15.9 Å². The summed E-state index contributed by atoms with van der Waals surface area (Å²) < 4.78 is 5.43. The van der Waals surface area contributed by atoms with E-state index in [1.54, 1.807) is 59.7 Å². The van der Waals surface area contributed by atoms with Crippen molar-refractivity contribution in [3.8, 4) is 11.3 Å². The SMILES string of the molecule is CC1CCC(c2ccc3c(c2)CCCC3)NC1.CCOC(=O)C(=O)Nc1cncc(C)c1.Cc1ccc(-c2ccc3ccccc3c2)nc1.Cc1ccc(Br)nc1.Cc1cncc(NC(=O)C(=O)N2C[C@H](C)CC[C@H]2c2ccc3c(c2)CCCC3)c1.OB(O)c1ccc2ccccc2c1.[CH2-]CCC.[Li+]. The number of esters is 1. The quantitative estimate of drug-likeness (QED) is 0.0316. The van der Waals surface area contributed by atoms with Crippen molar-refractivity contribution in [1.29, 1.82) is 0 Å². The molecule has 4 aliphatic rings. The number of carbonyl (C=O) groups is 4. The smallest absolute Gasteiger partial charge is 0.459 e. The fourth-order valence-corrected chi connectivity index (χ4v) is 12.9. The summed E-state index contributed by atoms with van der Waals surface area (Å²) in [6.45, 7) is 21.6. The molecule has 6 heterocycles. The zero-order chi connectivity index (χ0) is 73.6. The number of aryl methyl sites for hydroxylation is 8. The van der Waals surface area contributed by atoms with Crippen LogP contribution in [0.25, 0.3) is 32.8 Å². The molecule has 104 heavy (non-hydrogen) atoms. The first-order valence-corrected chi connectivity index (χ1v) is 37.1. The van der Waals surface area contributed by atoms with Crippen molar-refractivity contribution in [1.82, 2.24) is 30.2 Å². The van der Waals surface area contributed by atoms with Gasteiger partial charge in [-0.2, -0.15) is 6.42 Å². The number of rotatable bonds is 8. The molecule has 2 aliphatic heterocycles. The number of amides is 3. The fourth-order valence-electron chi connectivity index (χ4n) is 12.7. The zero-order valence-electron chi connectivity index (χ0n) is 62.1. The van der Waals surface area contributed by atoms with E-state index in [2.05, 4.69) is 182 Å². The summed E-state index contributed by atoms with van der Waals surface area (Å²) in [5.74, 6) is -1.48. The second-order valence-electron chi connectivity index (χ2n) is 27.2. The Morgan fingerprint density at radius 1 is 0.567 bits per heavy atom. The summed E-state index contributed by atoms with van der Waals surface area (Å²) in [5, 5.41) is 31.3. The van der Waals surface area contributed by atoms with Gasteiger partial charge >= 0.3 is 49.7 Å². The van der Waals surface area contributed by atoms with E-state index < -0.39 is 30.8 Å². The maximum Gasteiger partial charge on any atom is 1.00 e. The molecule has 0 bridgehead atoms. The Morgan fingerprint density at radius 2 is 1.10 bits per heavy atom. The van der Waals surface area contributed by atoms with Crippen molar-refractivity contribution in [3.63, 3.8) is 0 Å². The first-order valence-electron chi connectivity index (χ1n) is 36.3. The second kappa shape index (κ2) is 42.9. The number of nitrogens with zero attached hydrogens (tertiary/aromatic N) is 5. The van der Waals surface area contributed by atoms with Crippen LogP contribution in [0.4, 0.5) is 11.4 Å². The number of fused-ring (bicyclic) bond motifs is 4. The third-order valence-electron chi connectivity index (χ3n) is 18.4. The van der Waals surface area contributed by atoms with Crippen molar-refractivity contribution in [2.24, 2.45) is 11.8 Å². The predicted molar refractivity (Wildman–Crippen MR) is 423 cm³/mol. The van der Waals surface area contributed by atoms with Gasteiger partial charge in [0.1, 0.15) is 4.60 Å². The largest absolute Gasteiger partial charge is 1.00 e. The van der Waals surface area contributed by atoms with Crippen LogP contribution in [0, 0.1) is 46.5 Å². The maximum absolute atomic E-state index is 13.1. The molecule has 10 aromatic rings. The average Bonchev–Trinajstić information content (AvgIpc) is 0.829. The van der Waals surface area contributed by atoms with Gasteiger partial charge in [-0.3, -0.25) is 29.3 Å². The van der Waals surface area contributed by atoms with E-state index in [4.69, 9.17) is 10.0 Å². The monoisotopic (exact) mass is 1450 g/mol. The summed E-state index contributed by atoms with van der Waals surface area (Å²) in [5.41, 5.74) is 16.7. The number of hydrogen-bond acceptors (Lipinski definition) is 12. The molecule has 14 rings (SSSR count). The number of hydrogen-bond donors (Lipinski definition) is 5. The Balaban J connectivity index is 0.000000179. The molecule has 4 atom stereocenters. The minimum Gasteiger partial charge on any atom is -0.459 e. The number of carbonyl (C=O) groups excluding carboxylic acids is 4. The Labute approximate surface area is 636 Å². The van der Waals surface area contributed by atoms with Gasteiger partial charge in [-0.15, -0.1) is 0 Å². The molecular weight excluding hydrogens is 1350 g/mol. The van der Waals surface area contributed by atoms with Gasteiger partial charge in [0.05, 0.1) is 42.1 Å². The van der Waals surface area contributed by atoms with Crippen LogP contribution in [0.2, 0.25) is 0 Å². The normalized spacial score (nSPS) is 16.1. The van der Waals surface area contributed by atoms with Crippen molar-refractivity contribution < 1.29 is 52.8 Å². The van der Waals surface area contributed by atoms with E-state index in [1.807, 2.05) is 81.7 Å². The molecule has 6 aromatic carbocycles. The van der Waals surface area contributed by atoms with Gasteiger partial charge < -0.3 is 42.6 Å². The molecule has 0 radical (unpaired) electrons. The maximum atomic E-state index is 13.1. The third kappa shape index (κ3) is 26.2. The molecule has 5 N–H and O–H groups in total. The van der Waals surface area contributed by atoms with Crippen LogP contribution < -0.4 is 40.3 Å². The van der Waals surface area contributed by atoms with E-state index in [9.17, 15) is 19.2 Å². The van der Waals surface area contributed by atoms with Crippen molar-refractivity contribution in [2.75, 3.05) is 30.3 Å². The first-order chi connectivity index (χ1) is 49.8. The number of nitrogens with one attached hydrogen (secondary N) is 3. The Morgan fingerprint density at radius 3 is 1.62 bits per heavy atom. The van der Waals surface area contributed by atoms with Crippen molar-refractivity contribution >= 4 is 85.1 Å². The molecule has 3 amide bonds. The Kier molecular flexibility index (Phi) is 34.1. The molecule has 2 saturated heterocycles. The number of aromatic nitrogens is 4. The van der Waals surface area contributed by atoms with Gasteiger partial charge in [-0.1, -0.05) is 155 Å². The molecule has 538 valence electrons. The number of ether oxygens (including phenoxy) is 1. The van der Waals surface area contributed by atoms with E-state index >= 15 is 0 Å². The minimum atomic E-state index is -1.38. The molecule has 18 heteroatoms. The van der Waals surface area contributed by atoms with Crippen molar-refractivity contribution in [2.45, 2.75) is 157 Å². The summed E-state index contributed by atoms with van der Waals surface area (Å²) in [6.07, 6.45) is 27.1. The molecule has 2 aliphatic carbocycles. The van der Waals surface area contributed by atoms with Crippen LogP contribution in [0.15, 0.2) is 200 Å². The molecule has 2 unspecified atom stereocenters. The molecule has 0 spiro atoms. The number of unbranched alkanes of at least 4 members (excludes halogenated alkanes) is 1. The number of pyridine rings is 4. The second-order valence-corrected chi connectivity index (χ2v) is 28.0. The molecule has 4 aromatic heterocycles. The zero-order valence-corrected chi connectivity index (χ0v) is 63.7. The van der Waals surface area contributed by atoms with Gasteiger partial charge in [0, 0.05) is 42.9 Å². The van der Waals surface area contributed by atoms with E-state index in [-0.39, 0.29) is 31.5 Å². The van der Waals surface area contributed by atoms with Gasteiger partial charge in [0.15, 0.2) is 0 Å². The topological polar surface area (TPSA) is 209 Å².